The normalized spacial score (nSPS) is 10.7. The third kappa shape index (κ3) is 3.25. The zero-order valence-corrected chi connectivity index (χ0v) is 13.4. The molecule has 5 heteroatoms. The van der Waals surface area contributed by atoms with Crippen molar-refractivity contribution in [1.29, 1.82) is 0 Å². The minimum atomic E-state index is 0.514. The van der Waals surface area contributed by atoms with Crippen molar-refractivity contribution in [3.63, 3.8) is 0 Å². The van der Waals surface area contributed by atoms with Gasteiger partial charge in [-0.15, -0.1) is 22.9 Å². The molecular formula is C13H14BrClN2S. The van der Waals surface area contributed by atoms with Gasteiger partial charge in [-0.1, -0.05) is 6.07 Å². The molecule has 0 radical (unpaired) electrons. The highest BCUT2D eigenvalue weighted by molar-refractivity contribution is 9.11. The molecule has 0 atom stereocenters. The highest BCUT2D eigenvalue weighted by atomic mass is 79.9. The lowest BCUT2D eigenvalue weighted by Gasteiger charge is -2.18. The summed E-state index contributed by atoms with van der Waals surface area (Å²) in [5.41, 5.74) is 3.38. The van der Waals surface area contributed by atoms with Crippen LogP contribution in [0, 0.1) is 6.92 Å². The number of hydrogen-bond acceptors (Lipinski definition) is 3. The molecule has 0 saturated carbocycles. The van der Waals surface area contributed by atoms with Gasteiger partial charge >= 0.3 is 0 Å². The van der Waals surface area contributed by atoms with E-state index < -0.39 is 0 Å². The van der Waals surface area contributed by atoms with Gasteiger partial charge < -0.3 is 4.90 Å². The molecule has 0 aliphatic heterocycles. The second-order valence-corrected chi connectivity index (χ2v) is 6.72. The van der Waals surface area contributed by atoms with Crippen LogP contribution in [0.15, 0.2) is 27.4 Å². The summed E-state index contributed by atoms with van der Waals surface area (Å²) >= 11 is 11.0. The number of hydrogen-bond donors (Lipinski definition) is 0. The molecule has 0 aliphatic carbocycles. The van der Waals surface area contributed by atoms with Gasteiger partial charge in [-0.3, -0.25) is 0 Å². The molecule has 0 unspecified atom stereocenters. The van der Waals surface area contributed by atoms with Gasteiger partial charge in [-0.25, -0.2) is 4.98 Å². The molecule has 2 aromatic heterocycles. The highest BCUT2D eigenvalue weighted by Crippen LogP contribution is 2.23. The fraction of sp³-hybridized carbons (Fsp3) is 0.308. The molecule has 0 bridgehead atoms. The third-order valence-corrected chi connectivity index (χ3v) is 4.60. The van der Waals surface area contributed by atoms with Crippen LogP contribution < -0.4 is 4.90 Å². The zero-order chi connectivity index (χ0) is 13.1. The molecule has 2 aromatic rings. The number of rotatable bonds is 4. The van der Waals surface area contributed by atoms with Crippen LogP contribution in [0.5, 0.6) is 0 Å². The molecule has 2 heterocycles. The minimum absolute atomic E-state index is 0.514. The summed E-state index contributed by atoms with van der Waals surface area (Å²) in [7, 11) is 2.05. The van der Waals surface area contributed by atoms with Gasteiger partial charge in [-0.2, -0.15) is 0 Å². The van der Waals surface area contributed by atoms with Crippen molar-refractivity contribution in [3.8, 4) is 0 Å². The summed E-state index contributed by atoms with van der Waals surface area (Å²) in [5, 5.41) is 2.15. The Morgan fingerprint density at radius 3 is 2.78 bits per heavy atom. The molecule has 0 aromatic carbocycles. The van der Waals surface area contributed by atoms with Crippen molar-refractivity contribution in [2.45, 2.75) is 19.3 Å². The summed E-state index contributed by atoms with van der Waals surface area (Å²) in [5.74, 6) is 1.49. The summed E-state index contributed by atoms with van der Waals surface area (Å²) in [6.07, 6.45) is 0. The second-order valence-electron chi connectivity index (χ2n) is 4.16. The fourth-order valence-electron chi connectivity index (χ4n) is 1.71. The first-order chi connectivity index (χ1) is 8.60. The molecule has 0 aliphatic rings. The number of nitrogens with zero attached hydrogens (tertiary/aromatic N) is 2. The topological polar surface area (TPSA) is 16.1 Å². The highest BCUT2D eigenvalue weighted by Gasteiger charge is 2.07. The first-order valence-corrected chi connectivity index (χ1v) is 7.77. The van der Waals surface area contributed by atoms with Gasteiger partial charge in [0.05, 0.1) is 3.79 Å². The lowest BCUT2D eigenvalue weighted by atomic mass is 10.2. The lowest BCUT2D eigenvalue weighted by Crippen LogP contribution is -2.17. The smallest absolute Gasteiger partial charge is 0.128 e. The van der Waals surface area contributed by atoms with Crippen LogP contribution in [0.3, 0.4) is 0 Å². The summed E-state index contributed by atoms with van der Waals surface area (Å²) in [6, 6.07) is 6.21. The number of aromatic nitrogens is 1. The Morgan fingerprint density at radius 2 is 2.22 bits per heavy atom. The molecule has 2 rings (SSSR count). The summed E-state index contributed by atoms with van der Waals surface area (Å²) in [6.45, 7) is 2.85. The van der Waals surface area contributed by atoms with E-state index in [0.29, 0.717) is 5.88 Å². The second kappa shape index (κ2) is 6.04. The standard InChI is InChI=1S/C13H14BrClN2S/c1-9-11(6-15)3-4-13(16-9)17(2)7-10-5-12(14)18-8-10/h3-5,8H,6-7H2,1-2H3. The van der Waals surface area contributed by atoms with Crippen molar-refractivity contribution < 1.29 is 0 Å². The SMILES string of the molecule is Cc1nc(N(C)Cc2csc(Br)c2)ccc1CCl. The first kappa shape index (κ1) is 13.8. The van der Waals surface area contributed by atoms with Gasteiger partial charge in [0.2, 0.25) is 0 Å². The number of aryl methyl sites for hydroxylation is 1. The van der Waals surface area contributed by atoms with Crippen LogP contribution in [-0.2, 0) is 12.4 Å². The van der Waals surface area contributed by atoms with Crippen molar-refractivity contribution in [1.82, 2.24) is 4.98 Å². The van der Waals surface area contributed by atoms with Crippen LogP contribution in [-0.4, -0.2) is 12.0 Å². The molecule has 96 valence electrons. The van der Waals surface area contributed by atoms with E-state index in [1.54, 1.807) is 11.3 Å². The Kier molecular flexibility index (Phi) is 4.65. The molecular weight excluding hydrogens is 332 g/mol. The largest absolute Gasteiger partial charge is 0.355 e. The van der Waals surface area contributed by atoms with Gasteiger partial charge in [0.1, 0.15) is 5.82 Å². The molecule has 0 amide bonds. The van der Waals surface area contributed by atoms with Crippen molar-refractivity contribution in [2.24, 2.45) is 0 Å². The Bertz CT molecular complexity index is 542. The Labute approximate surface area is 125 Å². The van der Waals surface area contributed by atoms with Crippen LogP contribution in [0.1, 0.15) is 16.8 Å². The van der Waals surface area contributed by atoms with E-state index in [9.17, 15) is 0 Å². The fourth-order valence-corrected chi connectivity index (χ4v) is 3.20. The van der Waals surface area contributed by atoms with E-state index in [-0.39, 0.29) is 0 Å². The third-order valence-electron chi connectivity index (χ3n) is 2.76. The molecule has 0 N–H and O–H groups in total. The van der Waals surface area contributed by atoms with E-state index in [0.717, 1.165) is 27.4 Å². The number of pyridine rings is 1. The predicted octanol–water partition coefficient (Wildman–Crippen LogP) is 4.59. The summed E-state index contributed by atoms with van der Waals surface area (Å²) < 4.78 is 1.16. The first-order valence-electron chi connectivity index (χ1n) is 5.56. The predicted molar refractivity (Wildman–Crippen MR) is 82.7 cm³/mol. The van der Waals surface area contributed by atoms with Crippen molar-refractivity contribution >= 4 is 44.7 Å². The van der Waals surface area contributed by atoms with Gasteiger partial charge in [-0.05, 0) is 51.5 Å². The zero-order valence-electron chi connectivity index (χ0n) is 10.3. The van der Waals surface area contributed by atoms with Crippen LogP contribution in [0.25, 0.3) is 0 Å². The Morgan fingerprint density at radius 1 is 1.44 bits per heavy atom. The van der Waals surface area contributed by atoms with E-state index in [2.05, 4.69) is 37.3 Å². The quantitative estimate of drug-likeness (QED) is 0.753. The number of halogens is 2. The maximum atomic E-state index is 5.84. The number of alkyl halides is 1. The van der Waals surface area contributed by atoms with Gasteiger partial charge in [0, 0.05) is 25.2 Å². The van der Waals surface area contributed by atoms with Crippen LogP contribution in [0.2, 0.25) is 0 Å². The lowest BCUT2D eigenvalue weighted by molar-refractivity contribution is 0.892. The van der Waals surface area contributed by atoms with E-state index in [4.69, 9.17) is 11.6 Å². The Hall–Kier alpha value is -0.580. The molecule has 2 nitrogen and oxygen atoms in total. The van der Waals surface area contributed by atoms with Crippen molar-refractivity contribution in [2.75, 3.05) is 11.9 Å². The molecule has 18 heavy (non-hydrogen) atoms. The van der Waals surface area contributed by atoms with Gasteiger partial charge in [0.25, 0.3) is 0 Å². The van der Waals surface area contributed by atoms with Crippen molar-refractivity contribution in [3.05, 3.63) is 44.2 Å². The van der Waals surface area contributed by atoms with Crippen LogP contribution in [0.4, 0.5) is 5.82 Å². The molecule has 0 fully saturated rings. The Balaban J connectivity index is 2.13. The van der Waals surface area contributed by atoms with E-state index in [1.807, 2.05) is 26.1 Å². The molecule has 0 saturated heterocycles. The number of thiophene rings is 1. The average Bonchev–Trinajstić information content (AvgIpc) is 2.74. The maximum absolute atomic E-state index is 5.84. The summed E-state index contributed by atoms with van der Waals surface area (Å²) in [4.78, 5) is 6.72. The molecule has 0 spiro atoms. The average molecular weight is 346 g/mol. The van der Waals surface area contributed by atoms with Crippen LogP contribution >= 0.6 is 38.9 Å². The van der Waals surface area contributed by atoms with Gasteiger partial charge in [0.15, 0.2) is 0 Å². The van der Waals surface area contributed by atoms with E-state index >= 15 is 0 Å². The maximum Gasteiger partial charge on any atom is 0.128 e. The minimum Gasteiger partial charge on any atom is -0.355 e. The van der Waals surface area contributed by atoms with E-state index in [1.165, 1.54) is 5.56 Å². The number of anilines is 1. The monoisotopic (exact) mass is 344 g/mol.